The van der Waals surface area contributed by atoms with E-state index in [1.165, 1.54) is 6.42 Å². The van der Waals surface area contributed by atoms with E-state index >= 15 is 0 Å². The fraction of sp³-hybridized carbons (Fsp3) is 0.455. The third-order valence-corrected chi connectivity index (χ3v) is 6.22. The highest BCUT2D eigenvalue weighted by atomic mass is 16.2. The van der Waals surface area contributed by atoms with E-state index in [2.05, 4.69) is 10.6 Å². The minimum atomic E-state index is -0.202. The number of nitrogens with zero attached hydrogens (tertiary/aromatic N) is 1. The molecule has 1 saturated carbocycles. The van der Waals surface area contributed by atoms with Crippen molar-refractivity contribution < 1.29 is 4.79 Å². The average molecular weight is 365 g/mol. The lowest BCUT2D eigenvalue weighted by Gasteiger charge is -2.37. The number of aromatic nitrogens is 1. The first kappa shape index (κ1) is 18.0. The second-order valence-corrected chi connectivity index (χ2v) is 7.90. The maximum atomic E-state index is 12.9. The van der Waals surface area contributed by atoms with Crippen molar-refractivity contribution in [3.8, 4) is 0 Å². The van der Waals surface area contributed by atoms with E-state index in [1.807, 2.05) is 30.3 Å². The van der Waals surface area contributed by atoms with E-state index in [-0.39, 0.29) is 16.9 Å². The Kier molecular flexibility index (Phi) is 5.12. The monoisotopic (exact) mass is 365 g/mol. The van der Waals surface area contributed by atoms with E-state index < -0.39 is 0 Å². The van der Waals surface area contributed by atoms with Gasteiger partial charge >= 0.3 is 0 Å². The highest BCUT2D eigenvalue weighted by Gasteiger charge is 2.49. The van der Waals surface area contributed by atoms with Crippen LogP contribution in [0.3, 0.4) is 0 Å². The molecule has 1 aliphatic heterocycles. The van der Waals surface area contributed by atoms with Gasteiger partial charge in [0.1, 0.15) is 0 Å². The maximum absolute atomic E-state index is 12.9. The first-order valence-corrected chi connectivity index (χ1v) is 9.90. The summed E-state index contributed by atoms with van der Waals surface area (Å²) in [6.45, 7) is 2.90. The lowest BCUT2D eigenvalue weighted by atomic mass is 9.67. The van der Waals surface area contributed by atoms with Gasteiger partial charge in [0.05, 0.1) is 12.0 Å². The molecule has 1 aliphatic carbocycles. The predicted molar refractivity (Wildman–Crippen MR) is 105 cm³/mol. The number of carbonyl (C=O) groups excluding carboxylic acids is 1. The Hall–Kier alpha value is -2.40. The summed E-state index contributed by atoms with van der Waals surface area (Å²) in [4.78, 5) is 24.8. The molecule has 1 saturated heterocycles. The summed E-state index contributed by atoms with van der Waals surface area (Å²) in [7, 11) is 0. The average Bonchev–Trinajstić information content (AvgIpc) is 3.14. The number of fused-ring (bicyclic) bond motifs is 1. The number of nitrogens with one attached hydrogen (secondary N) is 2. The van der Waals surface area contributed by atoms with Gasteiger partial charge in [-0.05, 0) is 42.5 Å². The van der Waals surface area contributed by atoms with Crippen LogP contribution in [0.25, 0.3) is 0 Å². The molecular weight excluding hydrogens is 338 g/mol. The molecule has 0 unspecified atom stereocenters. The number of rotatable bonds is 5. The molecule has 0 spiro atoms. The van der Waals surface area contributed by atoms with Gasteiger partial charge in [0.25, 0.3) is 5.56 Å². The van der Waals surface area contributed by atoms with E-state index in [4.69, 9.17) is 0 Å². The fourth-order valence-corrected chi connectivity index (χ4v) is 4.60. The molecule has 4 rings (SSSR count). The summed E-state index contributed by atoms with van der Waals surface area (Å²) >= 11 is 0. The van der Waals surface area contributed by atoms with E-state index in [0.717, 1.165) is 43.5 Å². The van der Waals surface area contributed by atoms with Gasteiger partial charge in [0.15, 0.2) is 0 Å². The van der Waals surface area contributed by atoms with Crippen LogP contribution in [0.1, 0.15) is 36.8 Å². The topological polar surface area (TPSA) is 63.1 Å². The molecule has 0 bridgehead atoms. The minimum absolute atomic E-state index is 0.000283. The smallest absolute Gasteiger partial charge is 0.250 e. The van der Waals surface area contributed by atoms with Gasteiger partial charge in [-0.25, -0.2) is 0 Å². The molecule has 0 radical (unpaired) electrons. The molecule has 2 heterocycles. The summed E-state index contributed by atoms with van der Waals surface area (Å²) in [5.41, 5.74) is 1.96. The molecule has 5 nitrogen and oxygen atoms in total. The Morgan fingerprint density at radius 2 is 1.96 bits per heavy atom. The molecule has 2 aromatic rings. The van der Waals surface area contributed by atoms with Crippen molar-refractivity contribution in [3.63, 3.8) is 0 Å². The summed E-state index contributed by atoms with van der Waals surface area (Å²) < 4.78 is 1.69. The Morgan fingerprint density at radius 1 is 1.15 bits per heavy atom. The third-order valence-electron chi connectivity index (χ3n) is 6.22. The number of benzene rings is 1. The van der Waals surface area contributed by atoms with Crippen molar-refractivity contribution in [3.05, 3.63) is 70.1 Å². The summed E-state index contributed by atoms with van der Waals surface area (Å²) in [6, 6.07) is 13.3. The molecule has 2 aliphatic rings. The SMILES string of the molecule is O=C(NCc1ccc(Cn2ccccc2=O)cc1)[C@@]12CCCC[C@H]1CNC2. The molecule has 2 N–H and O–H groups in total. The van der Waals surface area contributed by atoms with Crippen LogP contribution in [0.2, 0.25) is 0 Å². The summed E-state index contributed by atoms with van der Waals surface area (Å²) in [5.74, 6) is 0.690. The van der Waals surface area contributed by atoms with Crippen LogP contribution in [0.15, 0.2) is 53.5 Å². The second kappa shape index (κ2) is 7.69. The zero-order chi connectivity index (χ0) is 18.7. The molecule has 142 valence electrons. The van der Waals surface area contributed by atoms with Gasteiger partial charge in [-0.1, -0.05) is 43.2 Å². The van der Waals surface area contributed by atoms with Crippen LogP contribution < -0.4 is 16.2 Å². The second-order valence-electron chi connectivity index (χ2n) is 7.90. The highest BCUT2D eigenvalue weighted by molar-refractivity contribution is 5.83. The van der Waals surface area contributed by atoms with Crippen LogP contribution in [-0.4, -0.2) is 23.6 Å². The Bertz CT molecular complexity index is 858. The molecule has 2 atom stereocenters. The Morgan fingerprint density at radius 3 is 2.78 bits per heavy atom. The van der Waals surface area contributed by atoms with Crippen molar-refractivity contribution in [1.29, 1.82) is 0 Å². The highest BCUT2D eigenvalue weighted by Crippen LogP contribution is 2.43. The number of carbonyl (C=O) groups is 1. The van der Waals surface area contributed by atoms with Gasteiger partial charge in [0, 0.05) is 25.4 Å². The Balaban J connectivity index is 1.37. The van der Waals surface area contributed by atoms with Crippen molar-refractivity contribution in [2.75, 3.05) is 13.1 Å². The van der Waals surface area contributed by atoms with Gasteiger partial charge in [-0.3, -0.25) is 9.59 Å². The van der Waals surface area contributed by atoms with Crippen LogP contribution in [0.4, 0.5) is 0 Å². The number of amides is 1. The first-order valence-electron chi connectivity index (χ1n) is 9.90. The van der Waals surface area contributed by atoms with Crippen molar-refractivity contribution in [1.82, 2.24) is 15.2 Å². The quantitative estimate of drug-likeness (QED) is 0.855. The van der Waals surface area contributed by atoms with Crippen LogP contribution in [-0.2, 0) is 17.9 Å². The minimum Gasteiger partial charge on any atom is -0.351 e. The van der Waals surface area contributed by atoms with Crippen LogP contribution in [0.5, 0.6) is 0 Å². The standard InChI is InChI=1S/C22H27N3O2/c26-20-6-2-4-12-25(20)15-18-9-7-17(8-10-18)13-24-21(27)22-11-3-1-5-19(22)14-23-16-22/h2,4,6-10,12,19,23H,1,3,5,11,13-16H2,(H,24,27)/t19-,22+/m0/s1. The van der Waals surface area contributed by atoms with Crippen molar-refractivity contribution >= 4 is 5.91 Å². The number of pyridine rings is 1. The molecule has 5 heteroatoms. The maximum Gasteiger partial charge on any atom is 0.250 e. The van der Waals surface area contributed by atoms with Gasteiger partial charge < -0.3 is 15.2 Å². The molecule has 1 aromatic carbocycles. The van der Waals surface area contributed by atoms with E-state index in [0.29, 0.717) is 19.0 Å². The zero-order valence-corrected chi connectivity index (χ0v) is 15.6. The van der Waals surface area contributed by atoms with Gasteiger partial charge in [-0.2, -0.15) is 0 Å². The van der Waals surface area contributed by atoms with E-state index in [1.54, 1.807) is 22.9 Å². The number of hydrogen-bond acceptors (Lipinski definition) is 3. The molecule has 1 aromatic heterocycles. The van der Waals surface area contributed by atoms with Gasteiger partial charge in [-0.15, -0.1) is 0 Å². The van der Waals surface area contributed by atoms with Crippen LogP contribution >= 0.6 is 0 Å². The first-order chi connectivity index (χ1) is 13.2. The molecule has 27 heavy (non-hydrogen) atoms. The normalized spacial score (nSPS) is 24.4. The lowest BCUT2D eigenvalue weighted by molar-refractivity contribution is -0.134. The van der Waals surface area contributed by atoms with Crippen molar-refractivity contribution in [2.24, 2.45) is 11.3 Å². The largest absolute Gasteiger partial charge is 0.351 e. The van der Waals surface area contributed by atoms with Crippen LogP contribution in [0, 0.1) is 11.3 Å². The third kappa shape index (κ3) is 3.69. The Labute approximate surface area is 159 Å². The fourth-order valence-electron chi connectivity index (χ4n) is 4.60. The molecule has 1 amide bonds. The zero-order valence-electron chi connectivity index (χ0n) is 15.6. The molecule has 2 fully saturated rings. The van der Waals surface area contributed by atoms with E-state index in [9.17, 15) is 9.59 Å². The van der Waals surface area contributed by atoms with Gasteiger partial charge in [0.2, 0.25) is 5.91 Å². The lowest BCUT2D eigenvalue weighted by Crippen LogP contribution is -2.47. The summed E-state index contributed by atoms with van der Waals surface area (Å²) in [5, 5.41) is 6.61. The number of hydrogen-bond donors (Lipinski definition) is 2. The summed E-state index contributed by atoms with van der Waals surface area (Å²) in [6.07, 6.45) is 6.35. The predicted octanol–water partition coefficient (Wildman–Crippen LogP) is 2.29. The van der Waals surface area contributed by atoms with Crippen molar-refractivity contribution in [2.45, 2.75) is 38.8 Å². The molecular formula is C22H27N3O2.